The molecule has 0 saturated carbocycles. The minimum atomic E-state index is -0.856. The number of carboxylic acid groups (broad SMARTS) is 1. The number of primary amides is 1. The van der Waals surface area contributed by atoms with Crippen molar-refractivity contribution >= 4 is 23.2 Å². The van der Waals surface area contributed by atoms with Crippen LogP contribution in [-0.2, 0) is 9.53 Å². The topological polar surface area (TPSA) is 116 Å². The lowest BCUT2D eigenvalue weighted by Gasteiger charge is -2.19. The molecule has 0 radical (unpaired) electrons. The van der Waals surface area contributed by atoms with E-state index in [2.05, 4.69) is 0 Å². The molecule has 0 aromatic heterocycles. The summed E-state index contributed by atoms with van der Waals surface area (Å²) in [5, 5.41) is 9.62. The first-order chi connectivity index (χ1) is 17.0. The Labute approximate surface area is 213 Å². The van der Waals surface area contributed by atoms with Gasteiger partial charge in [0.2, 0.25) is 0 Å². The minimum Gasteiger partial charge on any atom is -0.481 e. The number of benzene rings is 3. The number of nitrogens with two attached hydrogens (primary N) is 2. The van der Waals surface area contributed by atoms with Gasteiger partial charge in [-0.15, -0.1) is 0 Å². The van der Waals surface area contributed by atoms with Crippen LogP contribution in [0.1, 0.15) is 62.3 Å². The van der Waals surface area contributed by atoms with Crippen molar-refractivity contribution in [3.63, 3.8) is 0 Å². The number of carbonyl (C=O) groups is 2. The third kappa shape index (κ3) is 9.04. The molecule has 5 N–H and O–H groups in total. The van der Waals surface area contributed by atoms with Crippen LogP contribution in [0.15, 0.2) is 84.9 Å². The molecule has 1 unspecified atom stereocenters. The van der Waals surface area contributed by atoms with Crippen molar-refractivity contribution < 1.29 is 19.4 Å². The molecule has 3 rings (SSSR count). The fourth-order valence-corrected chi connectivity index (χ4v) is 3.67. The molecule has 6 heteroatoms. The van der Waals surface area contributed by atoms with Gasteiger partial charge in [-0.25, -0.2) is 4.79 Å². The van der Waals surface area contributed by atoms with Crippen LogP contribution in [0.3, 0.4) is 0 Å². The number of carbonyl (C=O) groups excluding carboxylic acids is 1. The summed E-state index contributed by atoms with van der Waals surface area (Å²) in [6.45, 7) is 7.74. The average molecular weight is 489 g/mol. The summed E-state index contributed by atoms with van der Waals surface area (Å²) in [7, 11) is 0. The van der Waals surface area contributed by atoms with E-state index in [1.165, 1.54) is 0 Å². The molecule has 1 atom stereocenters. The number of amides is 1. The van der Waals surface area contributed by atoms with E-state index in [4.69, 9.17) is 16.2 Å². The summed E-state index contributed by atoms with van der Waals surface area (Å²) in [4.78, 5) is 23.1. The third-order valence-electron chi connectivity index (χ3n) is 5.13. The predicted octanol–water partition coefficient (Wildman–Crippen LogP) is 6.06. The number of rotatable bonds is 8. The molecule has 3 aromatic carbocycles. The molecular weight excluding hydrogens is 452 g/mol. The van der Waals surface area contributed by atoms with Crippen LogP contribution in [-0.4, -0.2) is 29.3 Å². The molecule has 1 amide bonds. The van der Waals surface area contributed by atoms with Crippen molar-refractivity contribution in [2.24, 2.45) is 11.5 Å². The Bertz CT molecular complexity index is 1160. The summed E-state index contributed by atoms with van der Waals surface area (Å²) < 4.78 is 5.21. The summed E-state index contributed by atoms with van der Waals surface area (Å²) in [6.07, 6.45) is -0.369. The minimum absolute atomic E-state index is 0. The fourth-order valence-electron chi connectivity index (χ4n) is 3.67. The van der Waals surface area contributed by atoms with E-state index in [0.29, 0.717) is 6.42 Å². The molecule has 190 valence electrons. The monoisotopic (exact) mass is 488 g/mol. The first kappa shape index (κ1) is 28.3. The highest BCUT2D eigenvalue weighted by atomic mass is 16.5. The van der Waals surface area contributed by atoms with Crippen LogP contribution >= 0.6 is 0 Å². The fraction of sp³-hybridized carbons (Fsp3) is 0.267. The van der Waals surface area contributed by atoms with Crippen molar-refractivity contribution in [1.29, 1.82) is 0 Å². The van der Waals surface area contributed by atoms with E-state index in [-0.39, 0.29) is 12.1 Å². The lowest BCUT2D eigenvalue weighted by atomic mass is 9.87. The van der Waals surface area contributed by atoms with Gasteiger partial charge in [-0.1, -0.05) is 91.9 Å². The average Bonchev–Trinajstić information content (AvgIpc) is 2.82. The summed E-state index contributed by atoms with van der Waals surface area (Å²) in [5.74, 6) is -1.45. The Morgan fingerprint density at radius 2 is 1.36 bits per heavy atom. The second-order valence-corrected chi connectivity index (χ2v) is 9.48. The summed E-state index contributed by atoms with van der Waals surface area (Å²) in [6, 6.07) is 26.9. The van der Waals surface area contributed by atoms with Crippen molar-refractivity contribution in [1.82, 2.24) is 0 Å². The van der Waals surface area contributed by atoms with Gasteiger partial charge in [0.05, 0.1) is 5.92 Å². The number of hydrogen-bond acceptors (Lipinski definition) is 4. The van der Waals surface area contributed by atoms with Crippen molar-refractivity contribution in [2.75, 3.05) is 6.61 Å². The molecule has 0 heterocycles. The van der Waals surface area contributed by atoms with Crippen LogP contribution in [0.2, 0.25) is 0 Å². The second kappa shape index (κ2) is 13.3. The highest BCUT2D eigenvalue weighted by Crippen LogP contribution is 2.34. The van der Waals surface area contributed by atoms with Gasteiger partial charge in [-0.3, -0.25) is 4.79 Å². The van der Waals surface area contributed by atoms with Crippen LogP contribution < -0.4 is 11.5 Å². The lowest BCUT2D eigenvalue weighted by molar-refractivity contribution is -0.138. The van der Waals surface area contributed by atoms with E-state index in [1.807, 2.05) is 113 Å². The molecule has 0 aliphatic carbocycles. The summed E-state index contributed by atoms with van der Waals surface area (Å²) >= 11 is 0. The van der Waals surface area contributed by atoms with Crippen LogP contribution in [0.25, 0.3) is 11.1 Å². The zero-order chi connectivity index (χ0) is 26.7. The zero-order valence-electron chi connectivity index (χ0n) is 21.4. The lowest BCUT2D eigenvalue weighted by Crippen LogP contribution is -2.26. The molecule has 6 nitrogen and oxygen atoms in total. The number of ether oxygens (including phenoxy) is 1. The molecule has 3 aromatic rings. The Morgan fingerprint density at radius 3 is 1.83 bits per heavy atom. The SMILES string of the molecule is CC(C)(C)N.CCC(C(=O)O)c1cccc(C(=C(COC(N)=O)c2ccccc2)c2ccccc2)c1. The van der Waals surface area contributed by atoms with E-state index >= 15 is 0 Å². The smallest absolute Gasteiger partial charge is 0.404 e. The largest absolute Gasteiger partial charge is 0.481 e. The Morgan fingerprint density at radius 1 is 0.861 bits per heavy atom. The normalized spacial score (nSPS) is 12.5. The summed E-state index contributed by atoms with van der Waals surface area (Å²) in [5.41, 5.74) is 15.6. The molecule has 0 fully saturated rings. The predicted molar refractivity (Wildman–Crippen MR) is 145 cm³/mol. The van der Waals surface area contributed by atoms with Gasteiger partial charge >= 0.3 is 12.1 Å². The maximum absolute atomic E-state index is 11.7. The van der Waals surface area contributed by atoms with Crippen molar-refractivity contribution in [2.45, 2.75) is 45.6 Å². The van der Waals surface area contributed by atoms with Gasteiger partial charge in [-0.05, 0) is 55.0 Å². The molecule has 0 aliphatic heterocycles. The van der Waals surface area contributed by atoms with Gasteiger partial charge in [0.1, 0.15) is 6.61 Å². The molecule has 0 bridgehead atoms. The number of aliphatic carboxylic acids is 1. The van der Waals surface area contributed by atoms with Crippen LogP contribution in [0, 0.1) is 0 Å². The van der Waals surface area contributed by atoms with E-state index in [1.54, 1.807) is 0 Å². The highest BCUT2D eigenvalue weighted by Gasteiger charge is 2.20. The maximum atomic E-state index is 11.7. The standard InChI is InChI=1S/C26H25NO4.C4H11N/c1-2-22(25(28)29)20-14-9-15-21(16-20)24(19-12-7-4-8-13-19)23(17-31-26(27)30)18-10-5-3-6-11-18;1-4(2,3)5/h3-16,22H,2,17H2,1H3,(H2,27,30)(H,28,29);5H2,1-3H3. The third-order valence-corrected chi connectivity index (χ3v) is 5.13. The first-order valence-corrected chi connectivity index (χ1v) is 11.9. The molecule has 0 saturated heterocycles. The highest BCUT2D eigenvalue weighted by molar-refractivity contribution is 5.99. The van der Waals surface area contributed by atoms with E-state index in [9.17, 15) is 14.7 Å². The Kier molecular flexibility index (Phi) is 10.4. The van der Waals surface area contributed by atoms with Gasteiger partial charge in [0, 0.05) is 11.1 Å². The second-order valence-electron chi connectivity index (χ2n) is 9.48. The molecule has 0 aliphatic rings. The number of hydrogen-bond donors (Lipinski definition) is 3. The van der Waals surface area contributed by atoms with Crippen LogP contribution in [0.4, 0.5) is 4.79 Å². The zero-order valence-corrected chi connectivity index (χ0v) is 21.4. The van der Waals surface area contributed by atoms with E-state index < -0.39 is 18.0 Å². The Balaban J connectivity index is 0.000000830. The molecule has 0 spiro atoms. The van der Waals surface area contributed by atoms with Crippen molar-refractivity contribution in [3.05, 3.63) is 107 Å². The molecule has 36 heavy (non-hydrogen) atoms. The first-order valence-electron chi connectivity index (χ1n) is 11.9. The van der Waals surface area contributed by atoms with Gasteiger partial charge in [0.25, 0.3) is 0 Å². The van der Waals surface area contributed by atoms with E-state index in [0.717, 1.165) is 33.4 Å². The van der Waals surface area contributed by atoms with Gasteiger partial charge < -0.3 is 21.3 Å². The molecular formula is C30H36N2O4. The van der Waals surface area contributed by atoms with Gasteiger partial charge in [-0.2, -0.15) is 0 Å². The maximum Gasteiger partial charge on any atom is 0.404 e. The Hall–Kier alpha value is -3.90. The van der Waals surface area contributed by atoms with Crippen LogP contribution in [0.5, 0.6) is 0 Å². The number of carboxylic acids is 1. The quantitative estimate of drug-likeness (QED) is 0.333. The van der Waals surface area contributed by atoms with Gasteiger partial charge in [0.15, 0.2) is 0 Å². The van der Waals surface area contributed by atoms with Crippen molar-refractivity contribution in [3.8, 4) is 0 Å².